The number of benzene rings is 1. The van der Waals surface area contributed by atoms with E-state index in [1.165, 1.54) is 0 Å². The Balaban J connectivity index is 2.05. The van der Waals surface area contributed by atoms with Crippen LogP contribution in [0.2, 0.25) is 0 Å². The van der Waals surface area contributed by atoms with Crippen LogP contribution in [0.4, 0.5) is 5.69 Å². The summed E-state index contributed by atoms with van der Waals surface area (Å²) < 4.78 is 5.57. The molecule has 2 unspecified atom stereocenters. The van der Waals surface area contributed by atoms with Gasteiger partial charge in [-0.2, -0.15) is 0 Å². The fourth-order valence-electron chi connectivity index (χ4n) is 2.25. The smallest absolute Gasteiger partial charge is 0.267 e. The lowest BCUT2D eigenvalue weighted by atomic mass is 10.1. The molecule has 1 aliphatic heterocycles. The maximum Gasteiger partial charge on any atom is 0.267 e. The number of carbonyl (C=O) groups excluding carboxylic acids is 2. The zero-order valence-electron chi connectivity index (χ0n) is 12.8. The Kier molecular flexibility index (Phi) is 4.83. The van der Waals surface area contributed by atoms with Gasteiger partial charge in [0.1, 0.15) is 5.75 Å². The van der Waals surface area contributed by atoms with Crippen molar-refractivity contribution in [1.82, 2.24) is 5.32 Å². The highest BCUT2D eigenvalue weighted by molar-refractivity contribution is 6.00. The standard InChI is InChI=1S/C16H22N2O3/c1-4-11(2)17-15(19)9-10-18-13-7-5-6-8-14(13)21-12(3)16(18)20/h5-8,11-12H,4,9-10H2,1-3H3,(H,17,19). The number of nitrogens with zero attached hydrogens (tertiary/aromatic N) is 1. The van der Waals surface area contributed by atoms with Crippen LogP contribution in [0, 0.1) is 0 Å². The zero-order valence-corrected chi connectivity index (χ0v) is 12.8. The highest BCUT2D eigenvalue weighted by Crippen LogP contribution is 2.33. The van der Waals surface area contributed by atoms with Gasteiger partial charge in [-0.1, -0.05) is 19.1 Å². The van der Waals surface area contributed by atoms with Crippen LogP contribution in [0.25, 0.3) is 0 Å². The number of para-hydroxylation sites is 2. The molecule has 2 rings (SSSR count). The summed E-state index contributed by atoms with van der Waals surface area (Å²) >= 11 is 0. The molecule has 1 aliphatic rings. The summed E-state index contributed by atoms with van der Waals surface area (Å²) in [7, 11) is 0. The minimum Gasteiger partial charge on any atom is -0.479 e. The Hall–Kier alpha value is -2.04. The van der Waals surface area contributed by atoms with Crippen LogP contribution in [0.3, 0.4) is 0 Å². The predicted octanol–water partition coefficient (Wildman–Crippen LogP) is 2.11. The van der Waals surface area contributed by atoms with Gasteiger partial charge in [-0.15, -0.1) is 0 Å². The highest BCUT2D eigenvalue weighted by atomic mass is 16.5. The SMILES string of the molecule is CCC(C)NC(=O)CCN1C(=O)C(C)Oc2ccccc21. The van der Waals surface area contributed by atoms with Crippen LogP contribution < -0.4 is 15.0 Å². The molecule has 5 nitrogen and oxygen atoms in total. The van der Waals surface area contributed by atoms with Gasteiger partial charge in [-0.3, -0.25) is 9.59 Å². The van der Waals surface area contributed by atoms with Gasteiger partial charge < -0.3 is 15.0 Å². The van der Waals surface area contributed by atoms with E-state index in [-0.39, 0.29) is 24.3 Å². The minimum absolute atomic E-state index is 0.0335. The van der Waals surface area contributed by atoms with Crippen molar-refractivity contribution in [2.45, 2.75) is 45.8 Å². The topological polar surface area (TPSA) is 58.6 Å². The quantitative estimate of drug-likeness (QED) is 0.903. The number of ether oxygens (including phenoxy) is 1. The molecule has 0 spiro atoms. The molecule has 0 radical (unpaired) electrons. The molecule has 0 aliphatic carbocycles. The number of carbonyl (C=O) groups is 2. The molecule has 5 heteroatoms. The fourth-order valence-corrected chi connectivity index (χ4v) is 2.25. The third-order valence-corrected chi connectivity index (χ3v) is 3.66. The van der Waals surface area contributed by atoms with Crippen LogP contribution in [-0.2, 0) is 9.59 Å². The monoisotopic (exact) mass is 290 g/mol. The lowest BCUT2D eigenvalue weighted by Gasteiger charge is -2.32. The van der Waals surface area contributed by atoms with Gasteiger partial charge in [0.05, 0.1) is 5.69 Å². The second kappa shape index (κ2) is 6.61. The lowest BCUT2D eigenvalue weighted by molar-refractivity contribution is -0.125. The molecular formula is C16H22N2O3. The van der Waals surface area contributed by atoms with E-state index in [2.05, 4.69) is 5.32 Å². The van der Waals surface area contributed by atoms with Crippen LogP contribution in [0.1, 0.15) is 33.6 Å². The number of hydrogen-bond donors (Lipinski definition) is 1. The van der Waals surface area contributed by atoms with Gasteiger partial charge in [0.25, 0.3) is 5.91 Å². The maximum absolute atomic E-state index is 12.2. The van der Waals surface area contributed by atoms with Gasteiger partial charge in [0, 0.05) is 19.0 Å². The molecular weight excluding hydrogens is 268 g/mol. The number of amides is 2. The number of hydrogen-bond acceptors (Lipinski definition) is 3. The number of fused-ring (bicyclic) bond motifs is 1. The number of rotatable bonds is 5. The van der Waals surface area contributed by atoms with Crippen LogP contribution in [0.15, 0.2) is 24.3 Å². The highest BCUT2D eigenvalue weighted by Gasteiger charge is 2.31. The third-order valence-electron chi connectivity index (χ3n) is 3.66. The van der Waals surface area contributed by atoms with E-state index in [9.17, 15) is 9.59 Å². The molecule has 21 heavy (non-hydrogen) atoms. The van der Waals surface area contributed by atoms with Crippen LogP contribution in [0.5, 0.6) is 5.75 Å². The molecule has 0 saturated heterocycles. The van der Waals surface area contributed by atoms with E-state index in [1.807, 2.05) is 38.1 Å². The summed E-state index contributed by atoms with van der Waals surface area (Å²) in [5, 5.41) is 2.91. The van der Waals surface area contributed by atoms with E-state index in [0.717, 1.165) is 12.1 Å². The van der Waals surface area contributed by atoms with Crippen molar-refractivity contribution in [2.75, 3.05) is 11.4 Å². The third kappa shape index (κ3) is 3.54. The molecule has 1 N–H and O–H groups in total. The Morgan fingerprint density at radius 3 is 2.86 bits per heavy atom. The number of anilines is 1. The molecule has 2 amide bonds. The van der Waals surface area contributed by atoms with E-state index in [1.54, 1.807) is 11.8 Å². The van der Waals surface area contributed by atoms with Crippen molar-refractivity contribution >= 4 is 17.5 Å². The first-order valence-corrected chi connectivity index (χ1v) is 7.39. The molecule has 114 valence electrons. The zero-order chi connectivity index (χ0) is 15.4. The Bertz CT molecular complexity index is 530. The largest absolute Gasteiger partial charge is 0.479 e. The first-order valence-electron chi connectivity index (χ1n) is 7.39. The molecule has 2 atom stereocenters. The van der Waals surface area contributed by atoms with Gasteiger partial charge in [0.15, 0.2) is 6.10 Å². The minimum atomic E-state index is -0.516. The van der Waals surface area contributed by atoms with Gasteiger partial charge in [0.2, 0.25) is 5.91 Å². The first kappa shape index (κ1) is 15.4. The molecule has 0 bridgehead atoms. The van der Waals surface area contributed by atoms with E-state index >= 15 is 0 Å². The molecule has 1 aromatic rings. The van der Waals surface area contributed by atoms with E-state index in [0.29, 0.717) is 12.3 Å². The molecule has 1 heterocycles. The second-order valence-electron chi connectivity index (χ2n) is 5.34. The Morgan fingerprint density at radius 1 is 1.43 bits per heavy atom. The summed E-state index contributed by atoms with van der Waals surface area (Å²) in [5.74, 6) is 0.547. The van der Waals surface area contributed by atoms with Crippen molar-refractivity contribution in [2.24, 2.45) is 0 Å². The average Bonchev–Trinajstić information content (AvgIpc) is 2.47. The first-order chi connectivity index (χ1) is 10.0. The van der Waals surface area contributed by atoms with E-state index < -0.39 is 6.10 Å². The van der Waals surface area contributed by atoms with Crippen LogP contribution in [-0.4, -0.2) is 30.5 Å². The van der Waals surface area contributed by atoms with Gasteiger partial charge in [-0.25, -0.2) is 0 Å². The van der Waals surface area contributed by atoms with Crippen molar-refractivity contribution in [1.29, 1.82) is 0 Å². The average molecular weight is 290 g/mol. The Labute approximate surface area is 125 Å². The Morgan fingerprint density at radius 2 is 2.14 bits per heavy atom. The summed E-state index contributed by atoms with van der Waals surface area (Å²) in [4.78, 5) is 25.8. The molecule has 1 aromatic carbocycles. The van der Waals surface area contributed by atoms with Crippen molar-refractivity contribution in [3.05, 3.63) is 24.3 Å². The van der Waals surface area contributed by atoms with E-state index in [4.69, 9.17) is 4.74 Å². The maximum atomic E-state index is 12.2. The molecule has 0 aromatic heterocycles. The molecule has 0 saturated carbocycles. The van der Waals surface area contributed by atoms with Crippen molar-refractivity contribution in [3.8, 4) is 5.75 Å². The van der Waals surface area contributed by atoms with Crippen molar-refractivity contribution in [3.63, 3.8) is 0 Å². The number of nitrogens with one attached hydrogen (secondary N) is 1. The summed E-state index contributed by atoms with van der Waals surface area (Å²) in [5.41, 5.74) is 0.733. The van der Waals surface area contributed by atoms with Gasteiger partial charge in [-0.05, 0) is 32.4 Å². The summed E-state index contributed by atoms with van der Waals surface area (Å²) in [6.45, 7) is 6.08. The summed E-state index contributed by atoms with van der Waals surface area (Å²) in [6, 6.07) is 7.56. The predicted molar refractivity (Wildman–Crippen MR) is 81.4 cm³/mol. The normalized spacial score (nSPS) is 18.7. The van der Waals surface area contributed by atoms with Crippen molar-refractivity contribution < 1.29 is 14.3 Å². The fraction of sp³-hybridized carbons (Fsp3) is 0.500. The van der Waals surface area contributed by atoms with Gasteiger partial charge >= 0.3 is 0 Å². The lowest BCUT2D eigenvalue weighted by Crippen LogP contribution is -2.46. The summed E-state index contributed by atoms with van der Waals surface area (Å²) in [6.07, 6.45) is 0.664. The van der Waals surface area contributed by atoms with Crippen LogP contribution >= 0.6 is 0 Å². The molecule has 0 fully saturated rings. The second-order valence-corrected chi connectivity index (χ2v) is 5.34.